The molecule has 0 aromatic carbocycles. The second kappa shape index (κ2) is 5.66. The third-order valence-corrected chi connectivity index (χ3v) is 4.88. The molecule has 1 saturated carbocycles. The Balaban J connectivity index is 1.79. The fourth-order valence-corrected chi connectivity index (χ4v) is 3.72. The molecule has 1 amide bonds. The van der Waals surface area contributed by atoms with Crippen LogP contribution in [0.3, 0.4) is 0 Å². The summed E-state index contributed by atoms with van der Waals surface area (Å²) in [5, 5.41) is 6.94. The van der Waals surface area contributed by atoms with Gasteiger partial charge in [0.1, 0.15) is 10.7 Å². The first-order valence-corrected chi connectivity index (χ1v) is 8.76. The van der Waals surface area contributed by atoms with Crippen LogP contribution in [-0.4, -0.2) is 28.4 Å². The molecule has 2 heterocycles. The molecule has 1 aliphatic rings. The van der Waals surface area contributed by atoms with Gasteiger partial charge in [-0.2, -0.15) is 11.3 Å². The first kappa shape index (κ1) is 13.8. The van der Waals surface area contributed by atoms with E-state index in [4.69, 9.17) is 0 Å². The van der Waals surface area contributed by atoms with E-state index in [9.17, 15) is 4.79 Å². The Morgan fingerprint density at radius 2 is 2.25 bits per heavy atom. The molecule has 106 valence electrons. The Morgan fingerprint density at radius 1 is 1.45 bits per heavy atom. The highest BCUT2D eigenvalue weighted by Gasteiger charge is 2.34. The Kier molecular flexibility index (Phi) is 3.89. The number of nitrogens with zero attached hydrogens (tertiary/aromatic N) is 2. The Labute approximate surface area is 127 Å². The Bertz CT molecular complexity index is 585. The summed E-state index contributed by atoms with van der Waals surface area (Å²) in [6.45, 7) is 5.13. The summed E-state index contributed by atoms with van der Waals surface area (Å²) >= 11 is 3.21. The van der Waals surface area contributed by atoms with Gasteiger partial charge in [-0.25, -0.2) is 4.98 Å². The van der Waals surface area contributed by atoms with Gasteiger partial charge in [0.25, 0.3) is 5.91 Å². The molecule has 0 radical (unpaired) electrons. The van der Waals surface area contributed by atoms with Crippen LogP contribution in [0.25, 0.3) is 10.6 Å². The highest BCUT2D eigenvalue weighted by atomic mass is 32.1. The van der Waals surface area contributed by atoms with Gasteiger partial charge in [-0.3, -0.25) is 4.79 Å². The molecule has 2 aromatic rings. The number of hydrogen-bond donors (Lipinski definition) is 0. The highest BCUT2D eigenvalue weighted by Crippen LogP contribution is 2.31. The minimum Gasteiger partial charge on any atom is -0.334 e. The van der Waals surface area contributed by atoms with Crippen LogP contribution < -0.4 is 0 Å². The lowest BCUT2D eigenvalue weighted by molar-refractivity contribution is 0.0717. The minimum atomic E-state index is 0.0962. The molecule has 0 bridgehead atoms. The first-order chi connectivity index (χ1) is 9.65. The van der Waals surface area contributed by atoms with E-state index >= 15 is 0 Å². The predicted octanol–water partition coefficient (Wildman–Crippen LogP) is 4.13. The number of thiophene rings is 1. The van der Waals surface area contributed by atoms with E-state index in [1.165, 1.54) is 0 Å². The van der Waals surface area contributed by atoms with Gasteiger partial charge in [0.05, 0.1) is 0 Å². The van der Waals surface area contributed by atoms with Crippen molar-refractivity contribution >= 4 is 28.6 Å². The van der Waals surface area contributed by atoms with Crippen LogP contribution in [0, 0.1) is 5.92 Å². The molecule has 0 spiro atoms. The van der Waals surface area contributed by atoms with E-state index in [0.717, 1.165) is 30.0 Å². The smallest absolute Gasteiger partial charge is 0.273 e. The Morgan fingerprint density at radius 3 is 2.85 bits per heavy atom. The molecule has 2 aromatic heterocycles. The van der Waals surface area contributed by atoms with E-state index in [0.29, 0.717) is 17.7 Å². The third-order valence-electron chi connectivity index (χ3n) is 3.30. The average Bonchev–Trinajstić information content (AvgIpc) is 2.94. The maximum atomic E-state index is 12.6. The van der Waals surface area contributed by atoms with Crippen LogP contribution in [-0.2, 0) is 0 Å². The predicted molar refractivity (Wildman–Crippen MR) is 84.3 cm³/mol. The van der Waals surface area contributed by atoms with Gasteiger partial charge < -0.3 is 4.90 Å². The summed E-state index contributed by atoms with van der Waals surface area (Å²) in [5.74, 6) is 0.591. The number of carbonyl (C=O) groups is 1. The lowest BCUT2D eigenvalue weighted by Crippen LogP contribution is -2.36. The zero-order valence-electron chi connectivity index (χ0n) is 11.7. The maximum Gasteiger partial charge on any atom is 0.273 e. The summed E-state index contributed by atoms with van der Waals surface area (Å²) in [5.41, 5.74) is 1.71. The standard InChI is InChI=1S/C15H18N2OS2/c1-10(2)7-17(12-3-4-12)15(18)13-9-20-14(16-13)11-5-6-19-8-11/h5-6,8-10,12H,3-4,7H2,1-2H3. The molecular weight excluding hydrogens is 288 g/mol. The molecular formula is C15H18N2OS2. The summed E-state index contributed by atoms with van der Waals surface area (Å²) in [6.07, 6.45) is 2.28. The topological polar surface area (TPSA) is 33.2 Å². The van der Waals surface area contributed by atoms with Crippen LogP contribution >= 0.6 is 22.7 Å². The van der Waals surface area contributed by atoms with E-state index in [2.05, 4.69) is 24.2 Å². The molecule has 0 atom stereocenters. The third kappa shape index (κ3) is 2.94. The van der Waals surface area contributed by atoms with Crippen molar-refractivity contribution in [2.45, 2.75) is 32.7 Å². The van der Waals surface area contributed by atoms with Gasteiger partial charge in [-0.05, 0) is 30.2 Å². The van der Waals surface area contributed by atoms with Crippen molar-refractivity contribution in [2.75, 3.05) is 6.54 Å². The molecule has 3 rings (SSSR count). The zero-order chi connectivity index (χ0) is 14.1. The second-order valence-electron chi connectivity index (χ2n) is 5.63. The van der Waals surface area contributed by atoms with Gasteiger partial charge >= 0.3 is 0 Å². The van der Waals surface area contributed by atoms with Crippen molar-refractivity contribution < 1.29 is 4.79 Å². The number of hydrogen-bond acceptors (Lipinski definition) is 4. The number of aromatic nitrogens is 1. The zero-order valence-corrected chi connectivity index (χ0v) is 13.3. The number of rotatable bonds is 5. The highest BCUT2D eigenvalue weighted by molar-refractivity contribution is 7.14. The van der Waals surface area contributed by atoms with Gasteiger partial charge in [0.2, 0.25) is 0 Å². The lowest BCUT2D eigenvalue weighted by atomic mass is 10.2. The monoisotopic (exact) mass is 306 g/mol. The molecule has 0 aliphatic heterocycles. The Hall–Kier alpha value is -1.20. The summed E-state index contributed by atoms with van der Waals surface area (Å²) in [7, 11) is 0. The van der Waals surface area contributed by atoms with Crippen molar-refractivity contribution in [1.82, 2.24) is 9.88 Å². The van der Waals surface area contributed by atoms with E-state index in [1.54, 1.807) is 22.7 Å². The van der Waals surface area contributed by atoms with Crippen LogP contribution in [0.15, 0.2) is 22.2 Å². The van der Waals surface area contributed by atoms with Gasteiger partial charge in [0, 0.05) is 28.9 Å². The van der Waals surface area contributed by atoms with Crippen molar-refractivity contribution in [1.29, 1.82) is 0 Å². The molecule has 0 N–H and O–H groups in total. The fraction of sp³-hybridized carbons (Fsp3) is 0.467. The number of carbonyl (C=O) groups excluding carboxylic acids is 1. The quantitative estimate of drug-likeness (QED) is 0.832. The molecule has 1 fully saturated rings. The summed E-state index contributed by atoms with van der Waals surface area (Å²) < 4.78 is 0. The average molecular weight is 306 g/mol. The molecule has 0 unspecified atom stereocenters. The van der Waals surface area contributed by atoms with Crippen molar-refractivity contribution in [3.05, 3.63) is 27.9 Å². The van der Waals surface area contributed by atoms with E-state index < -0.39 is 0 Å². The molecule has 5 heteroatoms. The van der Waals surface area contributed by atoms with Gasteiger partial charge in [-0.1, -0.05) is 13.8 Å². The van der Waals surface area contributed by atoms with E-state index in [-0.39, 0.29) is 5.91 Å². The molecule has 0 saturated heterocycles. The number of thiazole rings is 1. The number of amides is 1. The van der Waals surface area contributed by atoms with Gasteiger partial charge in [-0.15, -0.1) is 11.3 Å². The lowest BCUT2D eigenvalue weighted by Gasteiger charge is -2.23. The largest absolute Gasteiger partial charge is 0.334 e. The van der Waals surface area contributed by atoms with Crippen LogP contribution in [0.5, 0.6) is 0 Å². The SMILES string of the molecule is CC(C)CN(C(=O)c1csc(-c2ccsc2)n1)C1CC1. The van der Waals surface area contributed by atoms with Crippen LogP contribution in [0.4, 0.5) is 0 Å². The van der Waals surface area contributed by atoms with Crippen molar-refractivity contribution in [2.24, 2.45) is 5.92 Å². The second-order valence-corrected chi connectivity index (χ2v) is 7.27. The van der Waals surface area contributed by atoms with Crippen molar-refractivity contribution in [3.63, 3.8) is 0 Å². The van der Waals surface area contributed by atoms with E-state index in [1.807, 2.05) is 21.7 Å². The molecule has 3 nitrogen and oxygen atoms in total. The first-order valence-electron chi connectivity index (χ1n) is 6.94. The van der Waals surface area contributed by atoms with Crippen molar-refractivity contribution in [3.8, 4) is 10.6 Å². The minimum absolute atomic E-state index is 0.0962. The van der Waals surface area contributed by atoms with Gasteiger partial charge in [0.15, 0.2) is 0 Å². The fourth-order valence-electron chi connectivity index (χ4n) is 2.22. The molecule has 1 aliphatic carbocycles. The summed E-state index contributed by atoms with van der Waals surface area (Å²) in [4.78, 5) is 19.2. The summed E-state index contributed by atoms with van der Waals surface area (Å²) in [6, 6.07) is 2.49. The maximum absolute atomic E-state index is 12.6. The molecule has 20 heavy (non-hydrogen) atoms. The van der Waals surface area contributed by atoms with Crippen LogP contribution in [0.2, 0.25) is 0 Å². The normalized spacial score (nSPS) is 14.8. The van der Waals surface area contributed by atoms with Crippen LogP contribution in [0.1, 0.15) is 37.2 Å².